The molecule has 4 nitrogen and oxygen atoms in total. The lowest BCUT2D eigenvalue weighted by Gasteiger charge is -2.39. The highest BCUT2D eigenvalue weighted by atomic mass is 16.2. The summed E-state index contributed by atoms with van der Waals surface area (Å²) < 4.78 is 0. The molecule has 2 aromatic rings. The van der Waals surface area contributed by atoms with Gasteiger partial charge in [-0.1, -0.05) is 48.5 Å². The fourth-order valence-electron chi connectivity index (χ4n) is 2.81. The van der Waals surface area contributed by atoms with Gasteiger partial charge in [-0.2, -0.15) is 0 Å². The van der Waals surface area contributed by atoms with E-state index >= 15 is 0 Å². The fourth-order valence-corrected chi connectivity index (χ4v) is 2.81. The van der Waals surface area contributed by atoms with E-state index in [-0.39, 0.29) is 18.0 Å². The molecule has 1 heterocycles. The largest absolute Gasteiger partial charge is 0.327 e. The number of nitrogens with one attached hydrogen (secondary N) is 1. The number of β-lactam (4-membered cyclic amide) rings is 1. The van der Waals surface area contributed by atoms with E-state index in [4.69, 9.17) is 5.73 Å². The molecule has 0 aromatic heterocycles. The lowest BCUT2D eigenvalue weighted by molar-refractivity contribution is -0.124. The molecule has 1 amide bonds. The highest BCUT2D eigenvalue weighted by Crippen LogP contribution is 2.21. The maximum absolute atomic E-state index is 12.2. The molecular weight excluding hydrogens is 286 g/mol. The molecule has 0 unspecified atom stereocenters. The first-order valence-corrected chi connectivity index (χ1v) is 8.13. The van der Waals surface area contributed by atoms with Crippen molar-refractivity contribution in [2.24, 2.45) is 5.73 Å². The Morgan fingerprint density at radius 1 is 1.09 bits per heavy atom. The van der Waals surface area contributed by atoms with Gasteiger partial charge in [-0.05, 0) is 30.5 Å². The summed E-state index contributed by atoms with van der Waals surface area (Å²) in [6, 6.07) is 20.1. The van der Waals surface area contributed by atoms with Crippen LogP contribution in [0, 0.1) is 0 Å². The topological polar surface area (TPSA) is 58.4 Å². The SMILES string of the molecule is N[C@@H](CCc1ccccc1)CN[C@@H]1CN(c2ccccc2)C1=O. The van der Waals surface area contributed by atoms with E-state index in [2.05, 4.69) is 17.4 Å². The monoisotopic (exact) mass is 309 g/mol. The van der Waals surface area contributed by atoms with Gasteiger partial charge in [0.2, 0.25) is 5.91 Å². The predicted octanol–water partition coefficient (Wildman–Crippen LogP) is 1.95. The summed E-state index contributed by atoms with van der Waals surface area (Å²) in [6.45, 7) is 1.39. The first-order valence-electron chi connectivity index (χ1n) is 8.13. The summed E-state index contributed by atoms with van der Waals surface area (Å²) in [6.07, 6.45) is 1.89. The summed E-state index contributed by atoms with van der Waals surface area (Å²) >= 11 is 0. The Kier molecular flexibility index (Phi) is 5.05. The number of carbonyl (C=O) groups excluding carboxylic acids is 1. The van der Waals surface area contributed by atoms with Crippen LogP contribution in [-0.4, -0.2) is 31.1 Å². The van der Waals surface area contributed by atoms with Crippen LogP contribution in [0.1, 0.15) is 12.0 Å². The fraction of sp³-hybridized carbons (Fsp3) is 0.316. The minimum atomic E-state index is -0.0991. The van der Waals surface area contributed by atoms with Gasteiger partial charge in [0.05, 0.1) is 6.54 Å². The van der Waals surface area contributed by atoms with E-state index in [1.165, 1.54) is 5.56 Å². The first-order chi connectivity index (χ1) is 11.2. The molecule has 1 fully saturated rings. The Labute approximate surface area is 137 Å². The van der Waals surface area contributed by atoms with Crippen molar-refractivity contribution in [1.29, 1.82) is 0 Å². The van der Waals surface area contributed by atoms with Crippen molar-refractivity contribution in [1.82, 2.24) is 5.32 Å². The molecule has 0 saturated carbocycles. The van der Waals surface area contributed by atoms with Crippen LogP contribution in [0.15, 0.2) is 60.7 Å². The van der Waals surface area contributed by atoms with E-state index in [9.17, 15) is 4.79 Å². The van der Waals surface area contributed by atoms with Crippen molar-refractivity contribution >= 4 is 11.6 Å². The summed E-state index contributed by atoms with van der Waals surface area (Å²) in [5.41, 5.74) is 8.42. The molecule has 0 spiro atoms. The Balaban J connectivity index is 1.39. The third-order valence-electron chi connectivity index (χ3n) is 4.27. The average Bonchev–Trinajstić information content (AvgIpc) is 2.60. The maximum Gasteiger partial charge on any atom is 0.246 e. The third kappa shape index (κ3) is 3.97. The van der Waals surface area contributed by atoms with E-state index in [0.29, 0.717) is 13.1 Å². The highest BCUT2D eigenvalue weighted by Gasteiger charge is 2.37. The van der Waals surface area contributed by atoms with Gasteiger partial charge < -0.3 is 16.0 Å². The lowest BCUT2D eigenvalue weighted by atomic mass is 10.0. The maximum atomic E-state index is 12.2. The first kappa shape index (κ1) is 15.7. The molecule has 0 radical (unpaired) electrons. The van der Waals surface area contributed by atoms with Gasteiger partial charge in [-0.15, -0.1) is 0 Å². The normalized spacial score (nSPS) is 18.6. The number of hydrogen-bond donors (Lipinski definition) is 2. The molecule has 3 rings (SSSR count). The Morgan fingerprint density at radius 2 is 1.74 bits per heavy atom. The van der Waals surface area contributed by atoms with Crippen molar-refractivity contribution in [2.75, 3.05) is 18.0 Å². The number of aryl methyl sites for hydroxylation is 1. The van der Waals surface area contributed by atoms with Gasteiger partial charge in [0.15, 0.2) is 0 Å². The van der Waals surface area contributed by atoms with E-state index < -0.39 is 0 Å². The number of anilines is 1. The molecular formula is C19H23N3O. The van der Waals surface area contributed by atoms with Crippen molar-refractivity contribution < 1.29 is 4.79 Å². The summed E-state index contributed by atoms with van der Waals surface area (Å²) in [5.74, 6) is 0.131. The number of rotatable bonds is 7. The van der Waals surface area contributed by atoms with Gasteiger partial charge in [0.1, 0.15) is 6.04 Å². The smallest absolute Gasteiger partial charge is 0.246 e. The second-order valence-corrected chi connectivity index (χ2v) is 6.03. The second-order valence-electron chi connectivity index (χ2n) is 6.03. The van der Waals surface area contributed by atoms with Crippen LogP contribution < -0.4 is 16.0 Å². The van der Waals surface area contributed by atoms with E-state index in [1.807, 2.05) is 48.5 Å². The molecule has 1 aliphatic rings. The van der Waals surface area contributed by atoms with Crippen molar-refractivity contribution in [2.45, 2.75) is 24.9 Å². The standard InChI is InChI=1S/C19H23N3O/c20-16(12-11-15-7-3-1-4-8-15)13-21-18-14-22(19(18)23)17-9-5-2-6-10-17/h1-10,16,18,21H,11-14,20H2/t16-,18+/m0/s1. The van der Waals surface area contributed by atoms with Gasteiger partial charge in [0, 0.05) is 18.3 Å². The van der Waals surface area contributed by atoms with Crippen LogP contribution in [0.2, 0.25) is 0 Å². The molecule has 3 N–H and O–H groups in total. The molecule has 23 heavy (non-hydrogen) atoms. The van der Waals surface area contributed by atoms with Crippen LogP contribution >= 0.6 is 0 Å². The summed E-state index contributed by atoms with van der Waals surface area (Å²) in [5, 5.41) is 3.29. The Bertz CT molecular complexity index is 630. The van der Waals surface area contributed by atoms with Crippen LogP contribution in [0.25, 0.3) is 0 Å². The number of para-hydroxylation sites is 1. The van der Waals surface area contributed by atoms with Gasteiger partial charge in [-0.25, -0.2) is 0 Å². The van der Waals surface area contributed by atoms with Gasteiger partial charge in [-0.3, -0.25) is 4.79 Å². The zero-order chi connectivity index (χ0) is 16.1. The molecule has 120 valence electrons. The Hall–Kier alpha value is -2.17. The van der Waals surface area contributed by atoms with Crippen LogP contribution in [-0.2, 0) is 11.2 Å². The zero-order valence-electron chi connectivity index (χ0n) is 13.2. The lowest BCUT2D eigenvalue weighted by Crippen LogP contribution is -2.64. The molecule has 4 heteroatoms. The summed E-state index contributed by atoms with van der Waals surface area (Å²) in [7, 11) is 0. The van der Waals surface area contributed by atoms with E-state index in [1.54, 1.807) is 4.90 Å². The van der Waals surface area contributed by atoms with Gasteiger partial charge >= 0.3 is 0 Å². The minimum absolute atomic E-state index is 0.0637. The number of hydrogen-bond acceptors (Lipinski definition) is 3. The van der Waals surface area contributed by atoms with E-state index in [0.717, 1.165) is 18.5 Å². The highest BCUT2D eigenvalue weighted by molar-refractivity contribution is 6.03. The quantitative estimate of drug-likeness (QED) is 0.769. The number of carbonyl (C=O) groups is 1. The van der Waals surface area contributed by atoms with Crippen molar-refractivity contribution in [3.8, 4) is 0 Å². The van der Waals surface area contributed by atoms with Crippen LogP contribution in [0.3, 0.4) is 0 Å². The second kappa shape index (κ2) is 7.40. The van der Waals surface area contributed by atoms with Crippen molar-refractivity contribution in [3.05, 3.63) is 66.2 Å². The molecule has 2 aromatic carbocycles. The number of amides is 1. The average molecular weight is 309 g/mol. The van der Waals surface area contributed by atoms with Crippen molar-refractivity contribution in [3.63, 3.8) is 0 Å². The minimum Gasteiger partial charge on any atom is -0.327 e. The van der Waals surface area contributed by atoms with Crippen LogP contribution in [0.4, 0.5) is 5.69 Å². The molecule has 1 aliphatic heterocycles. The number of nitrogens with zero attached hydrogens (tertiary/aromatic N) is 1. The molecule has 0 bridgehead atoms. The molecule has 1 saturated heterocycles. The van der Waals surface area contributed by atoms with Gasteiger partial charge in [0.25, 0.3) is 0 Å². The molecule has 0 aliphatic carbocycles. The predicted molar refractivity (Wildman–Crippen MR) is 93.3 cm³/mol. The number of benzene rings is 2. The van der Waals surface area contributed by atoms with Crippen LogP contribution in [0.5, 0.6) is 0 Å². The third-order valence-corrected chi connectivity index (χ3v) is 4.27. The molecule has 2 atom stereocenters. The zero-order valence-corrected chi connectivity index (χ0v) is 13.2. The Morgan fingerprint density at radius 3 is 2.39 bits per heavy atom. The summed E-state index contributed by atoms with van der Waals surface area (Å²) in [4.78, 5) is 14.0. The number of nitrogens with two attached hydrogens (primary N) is 1.